The third kappa shape index (κ3) is 3.15. The van der Waals surface area contributed by atoms with E-state index in [4.69, 9.17) is 5.10 Å². The lowest BCUT2D eigenvalue weighted by Gasteiger charge is -2.23. The summed E-state index contributed by atoms with van der Waals surface area (Å²) in [6.45, 7) is 10.2. The third-order valence-corrected chi connectivity index (χ3v) is 4.17. The lowest BCUT2D eigenvalue weighted by Crippen LogP contribution is -2.17. The molecule has 0 N–H and O–H groups in total. The predicted molar refractivity (Wildman–Crippen MR) is 77.0 cm³/mol. The first-order valence-corrected chi connectivity index (χ1v) is 7.65. The summed E-state index contributed by atoms with van der Waals surface area (Å²) >= 11 is 0. The van der Waals surface area contributed by atoms with Crippen LogP contribution in [0.5, 0.6) is 0 Å². The van der Waals surface area contributed by atoms with Crippen molar-refractivity contribution in [1.29, 1.82) is 0 Å². The Morgan fingerprint density at radius 1 is 1.11 bits per heavy atom. The first-order chi connectivity index (χ1) is 8.58. The van der Waals surface area contributed by atoms with Gasteiger partial charge in [-0.05, 0) is 36.7 Å². The zero-order chi connectivity index (χ0) is 13.1. The van der Waals surface area contributed by atoms with Crippen molar-refractivity contribution in [2.45, 2.75) is 78.2 Å². The van der Waals surface area contributed by atoms with Gasteiger partial charge in [-0.25, -0.2) is 0 Å². The molecule has 1 aliphatic carbocycles. The Morgan fingerprint density at radius 2 is 1.78 bits per heavy atom. The van der Waals surface area contributed by atoms with Gasteiger partial charge in [0, 0.05) is 12.2 Å². The van der Waals surface area contributed by atoms with Crippen molar-refractivity contribution >= 4 is 0 Å². The maximum Gasteiger partial charge on any atom is 0.0652 e. The van der Waals surface area contributed by atoms with Crippen molar-refractivity contribution in [2.24, 2.45) is 5.92 Å². The molecule has 0 bridgehead atoms. The molecule has 1 aromatic rings. The van der Waals surface area contributed by atoms with Crippen molar-refractivity contribution in [1.82, 2.24) is 9.78 Å². The minimum atomic E-state index is 0.537. The molecule has 1 saturated carbocycles. The SMILES string of the molecule is CC(C)c1cc(C(C)C)n(CC2CCCCC2)n1. The van der Waals surface area contributed by atoms with Crippen LogP contribution in [0.1, 0.15) is 83.0 Å². The molecule has 1 aliphatic rings. The van der Waals surface area contributed by atoms with E-state index >= 15 is 0 Å². The van der Waals surface area contributed by atoms with Gasteiger partial charge in [-0.3, -0.25) is 4.68 Å². The van der Waals surface area contributed by atoms with Gasteiger partial charge in [-0.15, -0.1) is 0 Å². The van der Waals surface area contributed by atoms with E-state index in [0.717, 1.165) is 12.5 Å². The second kappa shape index (κ2) is 5.90. The molecule has 0 spiro atoms. The fraction of sp³-hybridized carbons (Fsp3) is 0.812. The molecule has 0 radical (unpaired) electrons. The van der Waals surface area contributed by atoms with Gasteiger partial charge in [0.1, 0.15) is 0 Å². The van der Waals surface area contributed by atoms with Crippen molar-refractivity contribution in [3.05, 3.63) is 17.5 Å². The van der Waals surface area contributed by atoms with Crippen LogP contribution in [-0.4, -0.2) is 9.78 Å². The fourth-order valence-electron chi connectivity index (χ4n) is 2.96. The lowest BCUT2D eigenvalue weighted by molar-refractivity contribution is 0.302. The molecule has 18 heavy (non-hydrogen) atoms. The molecule has 1 aromatic heterocycles. The van der Waals surface area contributed by atoms with Gasteiger partial charge in [0.2, 0.25) is 0 Å². The van der Waals surface area contributed by atoms with Crippen LogP contribution in [0.2, 0.25) is 0 Å². The molecular formula is C16H28N2. The standard InChI is InChI=1S/C16H28N2/c1-12(2)15-10-16(13(3)4)18(17-15)11-14-8-6-5-7-9-14/h10,12-14H,5-9,11H2,1-4H3. The first-order valence-electron chi connectivity index (χ1n) is 7.65. The summed E-state index contributed by atoms with van der Waals surface area (Å²) in [6, 6.07) is 2.32. The van der Waals surface area contributed by atoms with E-state index in [1.807, 2.05) is 0 Å². The van der Waals surface area contributed by atoms with Gasteiger partial charge in [0.05, 0.1) is 5.69 Å². The molecule has 0 atom stereocenters. The highest BCUT2D eigenvalue weighted by Gasteiger charge is 2.18. The van der Waals surface area contributed by atoms with Gasteiger partial charge < -0.3 is 0 Å². The summed E-state index contributed by atoms with van der Waals surface area (Å²) in [6.07, 6.45) is 7.06. The summed E-state index contributed by atoms with van der Waals surface area (Å²) < 4.78 is 2.30. The molecule has 1 fully saturated rings. The zero-order valence-electron chi connectivity index (χ0n) is 12.4. The Morgan fingerprint density at radius 3 is 2.33 bits per heavy atom. The van der Waals surface area contributed by atoms with Crippen LogP contribution < -0.4 is 0 Å². The topological polar surface area (TPSA) is 17.8 Å². The molecule has 102 valence electrons. The number of hydrogen-bond acceptors (Lipinski definition) is 1. The van der Waals surface area contributed by atoms with Crippen LogP contribution in [0.4, 0.5) is 0 Å². The minimum absolute atomic E-state index is 0.537. The molecular weight excluding hydrogens is 220 g/mol. The predicted octanol–water partition coefficient (Wildman–Crippen LogP) is 4.71. The number of aromatic nitrogens is 2. The molecule has 2 rings (SSSR count). The highest BCUT2D eigenvalue weighted by atomic mass is 15.3. The molecule has 0 aromatic carbocycles. The molecule has 0 unspecified atom stereocenters. The zero-order valence-corrected chi connectivity index (χ0v) is 12.4. The van der Waals surface area contributed by atoms with Crippen LogP contribution in [0.25, 0.3) is 0 Å². The van der Waals surface area contributed by atoms with E-state index in [9.17, 15) is 0 Å². The molecule has 2 heteroatoms. The molecule has 2 nitrogen and oxygen atoms in total. The smallest absolute Gasteiger partial charge is 0.0652 e. The summed E-state index contributed by atoms with van der Waals surface area (Å²) in [5, 5.41) is 4.84. The Labute approximate surface area is 112 Å². The fourth-order valence-corrected chi connectivity index (χ4v) is 2.96. The maximum absolute atomic E-state index is 4.84. The van der Waals surface area contributed by atoms with Crippen molar-refractivity contribution in [2.75, 3.05) is 0 Å². The summed E-state index contributed by atoms with van der Waals surface area (Å²) in [5.74, 6) is 1.97. The van der Waals surface area contributed by atoms with Gasteiger partial charge >= 0.3 is 0 Å². The number of nitrogens with zero attached hydrogens (tertiary/aromatic N) is 2. The lowest BCUT2D eigenvalue weighted by atomic mass is 9.89. The van der Waals surface area contributed by atoms with Crippen molar-refractivity contribution in [3.63, 3.8) is 0 Å². The number of hydrogen-bond donors (Lipinski definition) is 0. The largest absolute Gasteiger partial charge is 0.269 e. The molecule has 0 amide bonds. The second-order valence-electron chi connectivity index (χ2n) is 6.49. The Balaban J connectivity index is 2.14. The second-order valence-corrected chi connectivity index (χ2v) is 6.49. The van der Waals surface area contributed by atoms with E-state index < -0.39 is 0 Å². The Hall–Kier alpha value is -0.790. The van der Waals surface area contributed by atoms with Gasteiger partial charge in [0.25, 0.3) is 0 Å². The molecule has 0 aliphatic heterocycles. The van der Waals surface area contributed by atoms with Crippen LogP contribution in [0.15, 0.2) is 6.07 Å². The summed E-state index contributed by atoms with van der Waals surface area (Å²) in [5.41, 5.74) is 2.68. The van der Waals surface area contributed by atoms with Crippen LogP contribution >= 0.6 is 0 Å². The minimum Gasteiger partial charge on any atom is -0.269 e. The Kier molecular flexibility index (Phi) is 4.47. The highest BCUT2D eigenvalue weighted by Crippen LogP contribution is 2.27. The van der Waals surface area contributed by atoms with E-state index in [1.54, 1.807) is 0 Å². The van der Waals surface area contributed by atoms with E-state index in [2.05, 4.69) is 38.4 Å². The Bertz CT molecular complexity index is 370. The summed E-state index contributed by atoms with van der Waals surface area (Å²) in [7, 11) is 0. The molecule has 0 saturated heterocycles. The van der Waals surface area contributed by atoms with Gasteiger partial charge in [0.15, 0.2) is 0 Å². The monoisotopic (exact) mass is 248 g/mol. The molecule has 1 heterocycles. The van der Waals surface area contributed by atoms with Gasteiger partial charge in [-0.1, -0.05) is 47.0 Å². The van der Waals surface area contributed by atoms with Crippen molar-refractivity contribution in [3.8, 4) is 0 Å². The number of rotatable bonds is 4. The summed E-state index contributed by atoms with van der Waals surface area (Å²) in [4.78, 5) is 0. The van der Waals surface area contributed by atoms with E-state index in [0.29, 0.717) is 11.8 Å². The average molecular weight is 248 g/mol. The van der Waals surface area contributed by atoms with Crippen LogP contribution in [0, 0.1) is 5.92 Å². The highest BCUT2D eigenvalue weighted by molar-refractivity contribution is 5.16. The van der Waals surface area contributed by atoms with E-state index in [1.165, 1.54) is 43.5 Å². The van der Waals surface area contributed by atoms with E-state index in [-0.39, 0.29) is 0 Å². The normalized spacial score (nSPS) is 17.9. The average Bonchev–Trinajstić information content (AvgIpc) is 2.74. The van der Waals surface area contributed by atoms with Crippen LogP contribution in [-0.2, 0) is 6.54 Å². The van der Waals surface area contributed by atoms with Gasteiger partial charge in [-0.2, -0.15) is 5.10 Å². The third-order valence-electron chi connectivity index (χ3n) is 4.17. The van der Waals surface area contributed by atoms with Crippen molar-refractivity contribution < 1.29 is 0 Å². The maximum atomic E-state index is 4.84. The van der Waals surface area contributed by atoms with Crippen LogP contribution in [0.3, 0.4) is 0 Å². The first kappa shape index (κ1) is 13.6. The quantitative estimate of drug-likeness (QED) is 0.754.